The predicted molar refractivity (Wildman–Crippen MR) is 76.8 cm³/mol. The SMILES string of the molecule is CCCN(CC(=O)N(C)C)c1cc(C)cc(N)c1. The Morgan fingerprint density at radius 2 is 1.94 bits per heavy atom. The van der Waals surface area contributed by atoms with E-state index in [1.54, 1.807) is 19.0 Å². The first-order chi connectivity index (χ1) is 8.43. The highest BCUT2D eigenvalue weighted by Gasteiger charge is 2.13. The molecule has 1 amide bonds. The molecule has 0 unspecified atom stereocenters. The molecule has 0 saturated heterocycles. The van der Waals surface area contributed by atoms with E-state index in [1.807, 2.05) is 19.1 Å². The smallest absolute Gasteiger partial charge is 0.241 e. The normalized spacial score (nSPS) is 10.2. The molecule has 0 heterocycles. The molecule has 4 heteroatoms. The molecule has 0 aromatic heterocycles. The summed E-state index contributed by atoms with van der Waals surface area (Å²) in [6.45, 7) is 5.36. The first-order valence-electron chi connectivity index (χ1n) is 6.26. The molecule has 2 N–H and O–H groups in total. The molecule has 0 fully saturated rings. The summed E-state index contributed by atoms with van der Waals surface area (Å²) >= 11 is 0. The lowest BCUT2D eigenvalue weighted by Crippen LogP contribution is -2.37. The Balaban J connectivity index is 2.93. The fourth-order valence-electron chi connectivity index (χ4n) is 1.85. The molecule has 0 aliphatic heterocycles. The van der Waals surface area contributed by atoms with Gasteiger partial charge in [0.25, 0.3) is 0 Å². The van der Waals surface area contributed by atoms with E-state index in [0.717, 1.165) is 29.9 Å². The zero-order chi connectivity index (χ0) is 13.7. The van der Waals surface area contributed by atoms with Crippen LogP contribution < -0.4 is 10.6 Å². The summed E-state index contributed by atoms with van der Waals surface area (Å²) in [5.74, 6) is 0.100. The third-order valence-electron chi connectivity index (χ3n) is 2.77. The van der Waals surface area contributed by atoms with Crippen molar-refractivity contribution >= 4 is 17.3 Å². The Hall–Kier alpha value is -1.71. The molecule has 0 radical (unpaired) electrons. The number of hydrogen-bond donors (Lipinski definition) is 1. The fourth-order valence-corrected chi connectivity index (χ4v) is 1.85. The summed E-state index contributed by atoms with van der Waals surface area (Å²) < 4.78 is 0. The molecule has 0 atom stereocenters. The van der Waals surface area contributed by atoms with Gasteiger partial charge in [0.05, 0.1) is 6.54 Å². The third-order valence-corrected chi connectivity index (χ3v) is 2.77. The number of aryl methyl sites for hydroxylation is 1. The van der Waals surface area contributed by atoms with Crippen LogP contribution in [0.5, 0.6) is 0 Å². The van der Waals surface area contributed by atoms with Gasteiger partial charge in [-0.2, -0.15) is 0 Å². The number of amides is 1. The molecule has 0 saturated carbocycles. The van der Waals surface area contributed by atoms with E-state index >= 15 is 0 Å². The number of carbonyl (C=O) groups excluding carboxylic acids is 1. The number of anilines is 2. The first-order valence-corrected chi connectivity index (χ1v) is 6.26. The molecule has 0 aliphatic rings. The highest BCUT2D eigenvalue weighted by atomic mass is 16.2. The molecule has 0 aliphatic carbocycles. The molecule has 4 nitrogen and oxygen atoms in total. The average molecular weight is 249 g/mol. The summed E-state index contributed by atoms with van der Waals surface area (Å²) in [6.07, 6.45) is 0.995. The van der Waals surface area contributed by atoms with Gasteiger partial charge in [-0.15, -0.1) is 0 Å². The second-order valence-electron chi connectivity index (χ2n) is 4.81. The summed E-state index contributed by atoms with van der Waals surface area (Å²) in [5, 5.41) is 0. The van der Waals surface area contributed by atoms with Crippen LogP contribution in [0.15, 0.2) is 18.2 Å². The van der Waals surface area contributed by atoms with Gasteiger partial charge in [0.1, 0.15) is 0 Å². The lowest BCUT2D eigenvalue weighted by Gasteiger charge is -2.26. The maximum Gasteiger partial charge on any atom is 0.241 e. The fraction of sp³-hybridized carbons (Fsp3) is 0.500. The minimum absolute atomic E-state index is 0.100. The minimum Gasteiger partial charge on any atom is -0.399 e. The van der Waals surface area contributed by atoms with Crippen molar-refractivity contribution in [3.05, 3.63) is 23.8 Å². The van der Waals surface area contributed by atoms with Crippen LogP contribution in [-0.2, 0) is 4.79 Å². The number of hydrogen-bond acceptors (Lipinski definition) is 3. The largest absolute Gasteiger partial charge is 0.399 e. The van der Waals surface area contributed by atoms with Crippen LogP contribution in [0.25, 0.3) is 0 Å². The summed E-state index contributed by atoms with van der Waals surface area (Å²) in [5.41, 5.74) is 8.73. The molecule has 100 valence electrons. The number of nitrogens with zero attached hydrogens (tertiary/aromatic N) is 2. The second kappa shape index (κ2) is 6.28. The maximum atomic E-state index is 11.8. The van der Waals surface area contributed by atoms with Crippen LogP contribution in [0, 0.1) is 6.92 Å². The number of nitrogen functional groups attached to an aromatic ring is 1. The van der Waals surface area contributed by atoms with Gasteiger partial charge in [-0.3, -0.25) is 4.79 Å². The van der Waals surface area contributed by atoms with Crippen LogP contribution >= 0.6 is 0 Å². The monoisotopic (exact) mass is 249 g/mol. The molecular formula is C14H23N3O. The van der Waals surface area contributed by atoms with Crippen molar-refractivity contribution < 1.29 is 4.79 Å². The van der Waals surface area contributed by atoms with E-state index in [-0.39, 0.29) is 5.91 Å². The van der Waals surface area contributed by atoms with Crippen LogP contribution in [0.3, 0.4) is 0 Å². The van der Waals surface area contributed by atoms with Crippen molar-refractivity contribution in [3.8, 4) is 0 Å². The van der Waals surface area contributed by atoms with Crippen molar-refractivity contribution in [2.45, 2.75) is 20.3 Å². The van der Waals surface area contributed by atoms with E-state index in [4.69, 9.17) is 5.73 Å². The van der Waals surface area contributed by atoms with Gasteiger partial charge in [-0.25, -0.2) is 0 Å². The first kappa shape index (κ1) is 14.4. The number of nitrogens with two attached hydrogens (primary N) is 1. The van der Waals surface area contributed by atoms with Crippen molar-refractivity contribution in [1.82, 2.24) is 4.90 Å². The molecule has 1 aromatic rings. The van der Waals surface area contributed by atoms with Gasteiger partial charge in [0, 0.05) is 32.0 Å². The van der Waals surface area contributed by atoms with E-state index < -0.39 is 0 Å². The molecule has 18 heavy (non-hydrogen) atoms. The summed E-state index contributed by atoms with van der Waals surface area (Å²) in [7, 11) is 3.55. The van der Waals surface area contributed by atoms with Gasteiger partial charge in [0.2, 0.25) is 5.91 Å². The zero-order valence-electron chi connectivity index (χ0n) is 11.7. The van der Waals surface area contributed by atoms with E-state index in [1.165, 1.54) is 0 Å². The lowest BCUT2D eigenvalue weighted by molar-refractivity contribution is -0.127. The predicted octanol–water partition coefficient (Wildman–Crippen LogP) is 1.88. The second-order valence-corrected chi connectivity index (χ2v) is 4.81. The Bertz CT molecular complexity index is 395. The quantitative estimate of drug-likeness (QED) is 0.811. The number of carbonyl (C=O) groups is 1. The van der Waals surface area contributed by atoms with E-state index in [2.05, 4.69) is 17.9 Å². The van der Waals surface area contributed by atoms with E-state index in [0.29, 0.717) is 6.54 Å². The highest BCUT2D eigenvalue weighted by Crippen LogP contribution is 2.20. The van der Waals surface area contributed by atoms with Gasteiger partial charge in [0.15, 0.2) is 0 Å². The summed E-state index contributed by atoms with van der Waals surface area (Å²) in [6, 6.07) is 5.92. The minimum atomic E-state index is 0.100. The number of benzene rings is 1. The molecule has 1 rings (SSSR count). The van der Waals surface area contributed by atoms with Crippen LogP contribution in [0.1, 0.15) is 18.9 Å². The van der Waals surface area contributed by atoms with Crippen LogP contribution in [-0.4, -0.2) is 38.0 Å². The molecule has 1 aromatic carbocycles. The number of rotatable bonds is 5. The van der Waals surface area contributed by atoms with Crippen LogP contribution in [0.4, 0.5) is 11.4 Å². The van der Waals surface area contributed by atoms with Crippen molar-refractivity contribution in [2.24, 2.45) is 0 Å². The Morgan fingerprint density at radius 3 is 2.44 bits per heavy atom. The van der Waals surface area contributed by atoms with Gasteiger partial charge < -0.3 is 15.5 Å². The van der Waals surface area contributed by atoms with Crippen molar-refractivity contribution in [2.75, 3.05) is 37.8 Å². The van der Waals surface area contributed by atoms with Crippen molar-refractivity contribution in [1.29, 1.82) is 0 Å². The topological polar surface area (TPSA) is 49.6 Å². The van der Waals surface area contributed by atoms with Gasteiger partial charge in [-0.1, -0.05) is 6.92 Å². The standard InChI is InChI=1S/C14H23N3O/c1-5-6-17(10-14(18)16(3)4)13-8-11(2)7-12(15)9-13/h7-9H,5-6,10,15H2,1-4H3. The lowest BCUT2D eigenvalue weighted by atomic mass is 10.1. The Morgan fingerprint density at radius 1 is 1.28 bits per heavy atom. The third kappa shape index (κ3) is 3.95. The number of likely N-dealkylation sites (N-methyl/N-ethyl adjacent to an activating group) is 1. The van der Waals surface area contributed by atoms with Gasteiger partial charge >= 0.3 is 0 Å². The van der Waals surface area contributed by atoms with Gasteiger partial charge in [-0.05, 0) is 37.1 Å². The highest BCUT2D eigenvalue weighted by molar-refractivity contribution is 5.81. The average Bonchev–Trinajstić information content (AvgIpc) is 2.26. The molecule has 0 spiro atoms. The zero-order valence-corrected chi connectivity index (χ0v) is 11.7. The Kier molecular flexibility index (Phi) is 5.01. The van der Waals surface area contributed by atoms with E-state index in [9.17, 15) is 4.79 Å². The van der Waals surface area contributed by atoms with Crippen LogP contribution in [0.2, 0.25) is 0 Å². The molecular weight excluding hydrogens is 226 g/mol. The Labute approximate surface area is 109 Å². The maximum absolute atomic E-state index is 11.8. The summed E-state index contributed by atoms with van der Waals surface area (Å²) in [4.78, 5) is 15.5. The van der Waals surface area contributed by atoms with Crippen molar-refractivity contribution in [3.63, 3.8) is 0 Å². The molecule has 0 bridgehead atoms.